The molecule has 3 nitrogen and oxygen atoms in total. The van der Waals surface area contributed by atoms with E-state index in [-0.39, 0.29) is 18.0 Å². The molecule has 0 saturated heterocycles. The van der Waals surface area contributed by atoms with E-state index in [1.165, 1.54) is 18.3 Å². The molecule has 0 aliphatic carbocycles. The Bertz CT molecular complexity index is 567. The summed E-state index contributed by atoms with van der Waals surface area (Å²) in [5, 5.41) is 9.85. The topological polar surface area (TPSA) is 50.2 Å². The second-order valence-electron chi connectivity index (χ2n) is 3.39. The Balaban J connectivity index is 0.00000162. The highest BCUT2D eigenvalue weighted by Gasteiger charge is 2.07. The number of rotatable bonds is 2. The first kappa shape index (κ1) is 14.8. The van der Waals surface area contributed by atoms with Crippen molar-refractivity contribution in [2.75, 3.05) is 0 Å². The molecular formula is C12H8Cl3NO2. The summed E-state index contributed by atoms with van der Waals surface area (Å²) in [6.45, 7) is 0. The van der Waals surface area contributed by atoms with Crippen LogP contribution in [0.5, 0.6) is 0 Å². The Labute approximate surface area is 120 Å². The van der Waals surface area contributed by atoms with Gasteiger partial charge in [0.2, 0.25) is 0 Å². The predicted octanol–water partition coefficient (Wildman–Crippen LogP) is 4.18. The van der Waals surface area contributed by atoms with Gasteiger partial charge in [-0.2, -0.15) is 0 Å². The molecule has 1 aromatic heterocycles. The second kappa shape index (κ2) is 6.05. The summed E-state index contributed by atoms with van der Waals surface area (Å²) < 4.78 is 0. The highest BCUT2D eigenvalue weighted by atomic mass is 35.5. The third-order valence-electron chi connectivity index (χ3n) is 2.17. The van der Waals surface area contributed by atoms with E-state index in [1.54, 1.807) is 18.2 Å². The lowest BCUT2D eigenvalue weighted by atomic mass is 10.1. The average molecular weight is 305 g/mol. The molecular weight excluding hydrogens is 296 g/mol. The number of halogens is 3. The summed E-state index contributed by atoms with van der Waals surface area (Å²) in [6.07, 6.45) is 1.44. The maximum atomic E-state index is 10.8. The minimum atomic E-state index is -0.998. The predicted molar refractivity (Wildman–Crippen MR) is 73.9 cm³/mol. The smallest absolute Gasteiger partial charge is 0.335 e. The van der Waals surface area contributed by atoms with Gasteiger partial charge < -0.3 is 5.11 Å². The van der Waals surface area contributed by atoms with Crippen molar-refractivity contribution in [1.29, 1.82) is 0 Å². The third kappa shape index (κ3) is 3.35. The van der Waals surface area contributed by atoms with E-state index in [0.29, 0.717) is 21.3 Å². The van der Waals surface area contributed by atoms with Crippen molar-refractivity contribution in [2.45, 2.75) is 0 Å². The standard InChI is InChI=1S/C12H7Cl2NO2.ClH/c13-9-3-8(4-10(14)6-9)11-5-7(12(16)17)1-2-15-11;/h1-6H,(H,16,17);1H. The van der Waals surface area contributed by atoms with Gasteiger partial charge in [0.15, 0.2) is 0 Å². The van der Waals surface area contributed by atoms with Crippen molar-refractivity contribution < 1.29 is 9.90 Å². The van der Waals surface area contributed by atoms with E-state index in [1.807, 2.05) is 0 Å². The monoisotopic (exact) mass is 303 g/mol. The average Bonchev–Trinajstić information content (AvgIpc) is 2.28. The Morgan fingerprint density at radius 3 is 2.28 bits per heavy atom. The maximum absolute atomic E-state index is 10.8. The molecule has 2 aromatic rings. The Morgan fingerprint density at radius 2 is 1.72 bits per heavy atom. The van der Waals surface area contributed by atoms with E-state index in [0.717, 1.165) is 0 Å². The summed E-state index contributed by atoms with van der Waals surface area (Å²) in [5.41, 5.74) is 1.38. The van der Waals surface area contributed by atoms with E-state index in [2.05, 4.69) is 4.98 Å². The largest absolute Gasteiger partial charge is 0.478 e. The number of hydrogen-bond donors (Lipinski definition) is 1. The zero-order valence-electron chi connectivity index (χ0n) is 8.93. The summed E-state index contributed by atoms with van der Waals surface area (Å²) in [6, 6.07) is 7.87. The van der Waals surface area contributed by atoms with Crippen molar-refractivity contribution in [3.63, 3.8) is 0 Å². The van der Waals surface area contributed by atoms with Crippen LogP contribution in [-0.2, 0) is 0 Å². The zero-order valence-corrected chi connectivity index (χ0v) is 11.3. The van der Waals surface area contributed by atoms with E-state index >= 15 is 0 Å². The van der Waals surface area contributed by atoms with Crippen LogP contribution in [0.25, 0.3) is 11.3 Å². The van der Waals surface area contributed by atoms with Gasteiger partial charge in [-0.15, -0.1) is 12.4 Å². The van der Waals surface area contributed by atoms with E-state index in [4.69, 9.17) is 28.3 Å². The third-order valence-corrected chi connectivity index (χ3v) is 2.60. The number of pyridine rings is 1. The van der Waals surface area contributed by atoms with Gasteiger partial charge in [0.05, 0.1) is 11.3 Å². The van der Waals surface area contributed by atoms with Crippen LogP contribution in [0.15, 0.2) is 36.5 Å². The van der Waals surface area contributed by atoms with Crippen LogP contribution in [0.2, 0.25) is 10.0 Å². The van der Waals surface area contributed by atoms with Gasteiger partial charge in [-0.05, 0) is 30.3 Å². The lowest BCUT2D eigenvalue weighted by Gasteiger charge is -2.03. The number of carboxylic acid groups (broad SMARTS) is 1. The summed E-state index contributed by atoms with van der Waals surface area (Å²) in [5.74, 6) is -0.998. The van der Waals surface area contributed by atoms with Crippen molar-refractivity contribution in [3.8, 4) is 11.3 Å². The molecule has 0 saturated carbocycles. The van der Waals surface area contributed by atoms with Gasteiger partial charge in [-0.25, -0.2) is 4.79 Å². The lowest BCUT2D eigenvalue weighted by molar-refractivity contribution is 0.0697. The first-order valence-corrected chi connectivity index (χ1v) is 5.47. The van der Waals surface area contributed by atoms with Gasteiger partial charge in [-0.1, -0.05) is 23.2 Å². The van der Waals surface area contributed by atoms with Crippen LogP contribution in [0.1, 0.15) is 10.4 Å². The molecule has 1 N–H and O–H groups in total. The normalized spacial score (nSPS) is 9.67. The molecule has 94 valence electrons. The van der Waals surface area contributed by atoms with Gasteiger partial charge in [0.1, 0.15) is 0 Å². The first-order valence-electron chi connectivity index (χ1n) is 4.72. The molecule has 0 spiro atoms. The van der Waals surface area contributed by atoms with Crippen LogP contribution < -0.4 is 0 Å². The van der Waals surface area contributed by atoms with Crippen LogP contribution in [-0.4, -0.2) is 16.1 Å². The molecule has 0 fully saturated rings. The van der Waals surface area contributed by atoms with Crippen molar-refractivity contribution in [3.05, 3.63) is 52.1 Å². The Morgan fingerprint density at radius 1 is 1.11 bits per heavy atom. The highest BCUT2D eigenvalue weighted by molar-refractivity contribution is 6.35. The minimum Gasteiger partial charge on any atom is -0.478 e. The number of nitrogens with zero attached hydrogens (tertiary/aromatic N) is 1. The molecule has 0 aliphatic heterocycles. The van der Waals surface area contributed by atoms with Gasteiger partial charge in [-0.3, -0.25) is 4.98 Å². The molecule has 18 heavy (non-hydrogen) atoms. The van der Waals surface area contributed by atoms with Gasteiger partial charge in [0.25, 0.3) is 0 Å². The van der Waals surface area contributed by atoms with E-state index < -0.39 is 5.97 Å². The molecule has 0 radical (unpaired) electrons. The molecule has 0 unspecified atom stereocenters. The maximum Gasteiger partial charge on any atom is 0.335 e. The minimum absolute atomic E-state index is 0. The van der Waals surface area contributed by atoms with Crippen LogP contribution >= 0.6 is 35.6 Å². The fraction of sp³-hybridized carbons (Fsp3) is 0. The molecule has 2 rings (SSSR count). The fourth-order valence-corrected chi connectivity index (χ4v) is 1.95. The molecule has 0 atom stereocenters. The van der Waals surface area contributed by atoms with Gasteiger partial charge in [0, 0.05) is 21.8 Å². The molecule has 1 aromatic carbocycles. The summed E-state index contributed by atoms with van der Waals surface area (Å²) >= 11 is 11.7. The number of carboxylic acids is 1. The van der Waals surface area contributed by atoms with Crippen LogP contribution in [0, 0.1) is 0 Å². The number of carbonyl (C=O) groups is 1. The fourth-order valence-electron chi connectivity index (χ4n) is 1.42. The number of aromatic carboxylic acids is 1. The molecule has 1 heterocycles. The van der Waals surface area contributed by atoms with Crippen LogP contribution in [0.4, 0.5) is 0 Å². The zero-order chi connectivity index (χ0) is 12.4. The Hall–Kier alpha value is -1.29. The summed E-state index contributed by atoms with van der Waals surface area (Å²) in [4.78, 5) is 14.9. The molecule has 0 bridgehead atoms. The molecule has 0 aliphatic rings. The first-order chi connectivity index (χ1) is 8.06. The van der Waals surface area contributed by atoms with E-state index in [9.17, 15) is 4.79 Å². The highest BCUT2D eigenvalue weighted by Crippen LogP contribution is 2.26. The molecule has 0 amide bonds. The second-order valence-corrected chi connectivity index (χ2v) is 4.27. The number of aromatic nitrogens is 1. The number of benzene rings is 1. The number of hydrogen-bond acceptors (Lipinski definition) is 2. The van der Waals surface area contributed by atoms with Crippen molar-refractivity contribution in [2.24, 2.45) is 0 Å². The SMILES string of the molecule is Cl.O=C(O)c1ccnc(-c2cc(Cl)cc(Cl)c2)c1. The van der Waals surface area contributed by atoms with Crippen molar-refractivity contribution in [1.82, 2.24) is 4.98 Å². The Kier molecular flexibility index (Phi) is 4.96. The van der Waals surface area contributed by atoms with Crippen LogP contribution in [0.3, 0.4) is 0 Å². The molecule has 6 heteroatoms. The quantitative estimate of drug-likeness (QED) is 0.905. The van der Waals surface area contributed by atoms with Gasteiger partial charge >= 0.3 is 5.97 Å². The summed E-state index contributed by atoms with van der Waals surface area (Å²) in [7, 11) is 0. The van der Waals surface area contributed by atoms with Crippen molar-refractivity contribution >= 4 is 41.6 Å². The lowest BCUT2D eigenvalue weighted by Crippen LogP contribution is -1.97.